The molecule has 1 aliphatic carbocycles. The predicted molar refractivity (Wildman–Crippen MR) is 77.2 cm³/mol. The van der Waals surface area contributed by atoms with Crippen molar-refractivity contribution >= 4 is 22.4 Å². The van der Waals surface area contributed by atoms with Crippen LogP contribution in [0.4, 0.5) is 0 Å². The normalized spacial score (nSPS) is 30.1. The van der Waals surface area contributed by atoms with E-state index in [1.54, 1.807) is 12.1 Å². The van der Waals surface area contributed by atoms with Crippen molar-refractivity contribution in [3.63, 3.8) is 0 Å². The molecule has 0 aliphatic heterocycles. The summed E-state index contributed by atoms with van der Waals surface area (Å²) >= 11 is 5.86. The fourth-order valence-corrected chi connectivity index (χ4v) is 4.65. The minimum absolute atomic E-state index is 0.194. The molecule has 4 heteroatoms. The monoisotopic (exact) mass is 285 g/mol. The Balaban J connectivity index is 2.17. The summed E-state index contributed by atoms with van der Waals surface area (Å²) in [7, 11) is -0.967. The molecule has 1 aromatic rings. The fourth-order valence-electron chi connectivity index (χ4n) is 2.67. The fraction of sp³-hybridized carbons (Fsp3) is 0.571. The highest BCUT2D eigenvalue weighted by molar-refractivity contribution is 7.85. The number of rotatable bonds is 3. The largest absolute Gasteiger partial charge is 0.330 e. The van der Waals surface area contributed by atoms with Crippen LogP contribution in [0, 0.1) is 11.8 Å². The van der Waals surface area contributed by atoms with E-state index in [0.717, 1.165) is 17.7 Å². The summed E-state index contributed by atoms with van der Waals surface area (Å²) in [4.78, 5) is 0.872. The van der Waals surface area contributed by atoms with Gasteiger partial charge in [-0.05, 0) is 55.5 Å². The number of hydrogen-bond acceptors (Lipinski definition) is 2. The van der Waals surface area contributed by atoms with Crippen molar-refractivity contribution in [1.29, 1.82) is 0 Å². The summed E-state index contributed by atoms with van der Waals surface area (Å²) in [6.07, 6.45) is 3.31. The molecule has 0 radical (unpaired) electrons. The summed E-state index contributed by atoms with van der Waals surface area (Å²) < 4.78 is 12.6. The Kier molecular flexibility index (Phi) is 4.82. The second-order valence-electron chi connectivity index (χ2n) is 5.20. The summed E-state index contributed by atoms with van der Waals surface area (Å²) in [5, 5.41) is 0.878. The van der Waals surface area contributed by atoms with Crippen LogP contribution in [0.15, 0.2) is 29.2 Å². The van der Waals surface area contributed by atoms with E-state index in [1.165, 1.54) is 6.42 Å². The summed E-state index contributed by atoms with van der Waals surface area (Å²) in [6, 6.07) is 7.34. The van der Waals surface area contributed by atoms with Gasteiger partial charge in [0, 0.05) is 15.2 Å². The average Bonchev–Trinajstić information content (AvgIpc) is 2.39. The summed E-state index contributed by atoms with van der Waals surface area (Å²) in [6.45, 7) is 2.87. The van der Waals surface area contributed by atoms with Gasteiger partial charge in [-0.2, -0.15) is 0 Å². The molecule has 2 N–H and O–H groups in total. The molecule has 4 atom stereocenters. The molecular weight excluding hydrogens is 266 g/mol. The minimum atomic E-state index is -0.967. The zero-order valence-corrected chi connectivity index (χ0v) is 12.2. The van der Waals surface area contributed by atoms with Crippen LogP contribution < -0.4 is 5.73 Å². The maximum atomic E-state index is 12.6. The molecule has 0 saturated heterocycles. The van der Waals surface area contributed by atoms with Crippen LogP contribution in [0.25, 0.3) is 0 Å². The van der Waals surface area contributed by atoms with Crippen LogP contribution >= 0.6 is 11.6 Å². The molecule has 1 aliphatic rings. The molecule has 0 heterocycles. The van der Waals surface area contributed by atoms with Crippen LogP contribution in [-0.2, 0) is 10.8 Å². The first kappa shape index (κ1) is 14.0. The lowest BCUT2D eigenvalue weighted by atomic mass is 9.82. The summed E-state index contributed by atoms with van der Waals surface area (Å²) in [5.74, 6) is 1.03. The van der Waals surface area contributed by atoms with Crippen molar-refractivity contribution in [1.82, 2.24) is 0 Å². The first-order valence-electron chi connectivity index (χ1n) is 6.48. The lowest BCUT2D eigenvalue weighted by Gasteiger charge is -2.33. The molecule has 100 valence electrons. The third kappa shape index (κ3) is 3.14. The first-order valence-corrected chi connectivity index (χ1v) is 8.07. The predicted octanol–water partition coefficient (Wildman–Crippen LogP) is 3.21. The first-order chi connectivity index (χ1) is 8.61. The highest BCUT2D eigenvalue weighted by Crippen LogP contribution is 2.33. The third-order valence-corrected chi connectivity index (χ3v) is 5.93. The molecule has 0 amide bonds. The van der Waals surface area contributed by atoms with Gasteiger partial charge >= 0.3 is 0 Å². The molecular formula is C14H20ClNOS. The van der Waals surface area contributed by atoms with E-state index in [-0.39, 0.29) is 5.25 Å². The van der Waals surface area contributed by atoms with Crippen LogP contribution in [0.2, 0.25) is 5.02 Å². The van der Waals surface area contributed by atoms with E-state index in [2.05, 4.69) is 6.92 Å². The molecule has 0 spiro atoms. The van der Waals surface area contributed by atoms with Crippen molar-refractivity contribution < 1.29 is 4.21 Å². The van der Waals surface area contributed by atoms with Crippen LogP contribution in [-0.4, -0.2) is 16.0 Å². The molecule has 0 aromatic heterocycles. The minimum Gasteiger partial charge on any atom is -0.330 e. The average molecular weight is 286 g/mol. The molecule has 2 nitrogen and oxygen atoms in total. The second-order valence-corrected chi connectivity index (χ2v) is 7.31. The molecule has 4 unspecified atom stereocenters. The lowest BCUT2D eigenvalue weighted by molar-refractivity contribution is 0.302. The Bertz CT molecular complexity index is 420. The Hall–Kier alpha value is -0.380. The van der Waals surface area contributed by atoms with E-state index in [9.17, 15) is 4.21 Å². The number of hydrogen-bond donors (Lipinski definition) is 1. The van der Waals surface area contributed by atoms with Crippen molar-refractivity contribution in [3.8, 4) is 0 Å². The zero-order valence-electron chi connectivity index (χ0n) is 10.6. The molecule has 1 saturated carbocycles. The van der Waals surface area contributed by atoms with E-state index >= 15 is 0 Å². The van der Waals surface area contributed by atoms with E-state index < -0.39 is 10.8 Å². The topological polar surface area (TPSA) is 43.1 Å². The highest BCUT2D eigenvalue weighted by atomic mass is 35.5. The Morgan fingerprint density at radius 3 is 2.61 bits per heavy atom. The van der Waals surface area contributed by atoms with Gasteiger partial charge in [0.15, 0.2) is 0 Å². The Morgan fingerprint density at radius 2 is 2.00 bits per heavy atom. The van der Waals surface area contributed by atoms with Gasteiger partial charge in [0.25, 0.3) is 0 Å². The quantitative estimate of drug-likeness (QED) is 0.927. The van der Waals surface area contributed by atoms with Gasteiger partial charge in [0.2, 0.25) is 0 Å². The smallest absolute Gasteiger partial charge is 0.0564 e. The summed E-state index contributed by atoms with van der Waals surface area (Å²) in [5.41, 5.74) is 5.82. The van der Waals surface area contributed by atoms with E-state index in [4.69, 9.17) is 17.3 Å². The molecule has 18 heavy (non-hydrogen) atoms. The van der Waals surface area contributed by atoms with Crippen molar-refractivity contribution in [2.75, 3.05) is 6.54 Å². The number of halogens is 1. The maximum Gasteiger partial charge on any atom is 0.0564 e. The van der Waals surface area contributed by atoms with Crippen molar-refractivity contribution in [3.05, 3.63) is 29.3 Å². The van der Waals surface area contributed by atoms with Gasteiger partial charge in [-0.3, -0.25) is 4.21 Å². The third-order valence-electron chi connectivity index (χ3n) is 3.81. The SMILES string of the molecule is CC1CCC(CN)C(S(=O)c2ccc(Cl)cc2)C1. The van der Waals surface area contributed by atoms with Gasteiger partial charge in [0.05, 0.1) is 10.8 Å². The maximum absolute atomic E-state index is 12.6. The standard InChI is InChI=1S/C14H20ClNOS/c1-10-2-3-11(9-16)14(8-10)18(17)13-6-4-12(15)5-7-13/h4-7,10-11,14H,2-3,8-9,16H2,1H3. The molecule has 1 aromatic carbocycles. The molecule has 1 fully saturated rings. The highest BCUT2D eigenvalue weighted by Gasteiger charge is 2.32. The van der Waals surface area contributed by atoms with Gasteiger partial charge in [-0.25, -0.2) is 0 Å². The van der Waals surface area contributed by atoms with Crippen LogP contribution in [0.3, 0.4) is 0 Å². The lowest BCUT2D eigenvalue weighted by Crippen LogP contribution is -2.36. The molecule has 0 bridgehead atoms. The van der Waals surface area contributed by atoms with Crippen LogP contribution in [0.1, 0.15) is 26.2 Å². The van der Waals surface area contributed by atoms with E-state index in [0.29, 0.717) is 23.4 Å². The van der Waals surface area contributed by atoms with Crippen molar-refractivity contribution in [2.24, 2.45) is 17.6 Å². The van der Waals surface area contributed by atoms with Crippen LogP contribution in [0.5, 0.6) is 0 Å². The second kappa shape index (κ2) is 6.18. The van der Waals surface area contributed by atoms with Gasteiger partial charge in [-0.1, -0.05) is 24.9 Å². The van der Waals surface area contributed by atoms with Gasteiger partial charge in [0.1, 0.15) is 0 Å². The number of benzene rings is 1. The van der Waals surface area contributed by atoms with Crippen molar-refractivity contribution in [2.45, 2.75) is 36.3 Å². The Morgan fingerprint density at radius 1 is 1.33 bits per heavy atom. The molecule has 2 rings (SSSR count). The number of nitrogens with two attached hydrogens (primary N) is 1. The van der Waals surface area contributed by atoms with Gasteiger partial charge in [-0.15, -0.1) is 0 Å². The zero-order chi connectivity index (χ0) is 13.1. The Labute approximate surface area is 116 Å². The van der Waals surface area contributed by atoms with Gasteiger partial charge < -0.3 is 5.73 Å². The van der Waals surface area contributed by atoms with E-state index in [1.807, 2.05) is 12.1 Å².